The number of halogens is 4. The Morgan fingerprint density at radius 1 is 1.07 bits per heavy atom. The van der Waals surface area contributed by atoms with E-state index in [0.29, 0.717) is 10.7 Å². The van der Waals surface area contributed by atoms with Crippen LogP contribution in [-0.2, 0) is 22.7 Å². The van der Waals surface area contributed by atoms with Gasteiger partial charge in [-0.2, -0.15) is 13.2 Å². The summed E-state index contributed by atoms with van der Waals surface area (Å²) in [5.74, 6) is -0.944. The largest absolute Gasteiger partial charge is 0.420 e. The van der Waals surface area contributed by atoms with Gasteiger partial charge in [-0.15, -0.1) is 0 Å². The van der Waals surface area contributed by atoms with Gasteiger partial charge in [-0.1, -0.05) is 24.1 Å². The minimum absolute atomic E-state index is 0.0234. The fourth-order valence-electron chi connectivity index (χ4n) is 5.53. The number of sulfonamides is 1. The monoisotopic (exact) mass is 597 g/mol. The third-order valence-corrected chi connectivity index (χ3v) is 9.12. The molecule has 2 aliphatic heterocycles. The van der Waals surface area contributed by atoms with Crippen LogP contribution in [0.5, 0.6) is 0 Å². The van der Waals surface area contributed by atoms with Crippen molar-refractivity contribution in [2.24, 2.45) is 0 Å². The predicted octanol–water partition coefficient (Wildman–Crippen LogP) is 4.71. The number of aromatic nitrogens is 4. The van der Waals surface area contributed by atoms with Crippen LogP contribution in [0, 0.1) is 0 Å². The van der Waals surface area contributed by atoms with E-state index < -0.39 is 33.4 Å². The number of rotatable bonds is 6. The van der Waals surface area contributed by atoms with Crippen molar-refractivity contribution in [3.8, 4) is 17.1 Å². The van der Waals surface area contributed by atoms with E-state index in [1.165, 1.54) is 36.1 Å². The minimum Gasteiger partial charge on any atom is -0.368 e. The molecule has 0 bridgehead atoms. The molecule has 14 heteroatoms. The summed E-state index contributed by atoms with van der Waals surface area (Å²) in [5, 5.41) is 0.454. The van der Waals surface area contributed by atoms with E-state index >= 15 is 0 Å². The van der Waals surface area contributed by atoms with Gasteiger partial charge in [-0.25, -0.2) is 27.7 Å². The van der Waals surface area contributed by atoms with Crippen LogP contribution in [-0.4, -0.2) is 69.6 Å². The van der Waals surface area contributed by atoms with Crippen molar-refractivity contribution in [2.45, 2.75) is 50.7 Å². The second-order valence-corrected chi connectivity index (χ2v) is 12.8. The van der Waals surface area contributed by atoms with Crippen molar-refractivity contribution >= 4 is 27.6 Å². The van der Waals surface area contributed by atoms with Crippen LogP contribution < -0.4 is 5.73 Å². The second-order valence-electron chi connectivity index (χ2n) is 10.4. The lowest BCUT2D eigenvalue weighted by atomic mass is 9.90. The zero-order chi connectivity index (χ0) is 28.7. The average molecular weight is 598 g/mol. The molecule has 2 aliphatic rings. The number of piperidine rings is 2. The molecule has 1 aromatic carbocycles. The highest BCUT2D eigenvalue weighted by Crippen LogP contribution is 2.43. The topological polar surface area (TPSA) is 110 Å². The highest BCUT2D eigenvalue weighted by atomic mass is 35.5. The Labute approximate surface area is 236 Å². The van der Waals surface area contributed by atoms with Gasteiger partial charge in [-0.05, 0) is 56.5 Å². The summed E-state index contributed by atoms with van der Waals surface area (Å²) in [7, 11) is -3.44. The lowest BCUT2D eigenvalue weighted by Crippen LogP contribution is -2.37. The van der Waals surface area contributed by atoms with Crippen molar-refractivity contribution in [3.05, 3.63) is 52.6 Å². The van der Waals surface area contributed by atoms with Crippen LogP contribution in [0.15, 0.2) is 30.7 Å². The van der Waals surface area contributed by atoms with E-state index in [4.69, 9.17) is 17.3 Å². The molecule has 4 heterocycles. The number of likely N-dealkylation sites (tertiary alicyclic amines) is 1. The van der Waals surface area contributed by atoms with Gasteiger partial charge < -0.3 is 10.3 Å². The normalized spacial score (nSPS) is 18.3. The maximum Gasteiger partial charge on any atom is 0.420 e. The first kappa shape index (κ1) is 28.8. The molecule has 9 nitrogen and oxygen atoms in total. The summed E-state index contributed by atoms with van der Waals surface area (Å²) < 4.78 is 70.0. The molecular weight excluding hydrogens is 567 g/mol. The first-order chi connectivity index (χ1) is 18.9. The molecule has 2 fully saturated rings. The number of nitrogens with two attached hydrogens (primary N) is 1. The summed E-state index contributed by atoms with van der Waals surface area (Å²) in [4.78, 5) is 14.6. The molecule has 0 radical (unpaired) electrons. The summed E-state index contributed by atoms with van der Waals surface area (Å²) in [6.45, 7) is 3.08. The molecule has 40 heavy (non-hydrogen) atoms. The summed E-state index contributed by atoms with van der Waals surface area (Å²) >= 11 is 6.60. The summed E-state index contributed by atoms with van der Waals surface area (Å²) in [6.07, 6.45) is 3.10. The van der Waals surface area contributed by atoms with Gasteiger partial charge in [0.15, 0.2) is 0 Å². The lowest BCUT2D eigenvalue weighted by Gasteiger charge is -2.31. The number of nitrogen functional groups attached to an aromatic ring is 1. The van der Waals surface area contributed by atoms with Gasteiger partial charge in [0.05, 0.1) is 22.7 Å². The van der Waals surface area contributed by atoms with Gasteiger partial charge in [0.25, 0.3) is 0 Å². The van der Waals surface area contributed by atoms with E-state index in [0.717, 1.165) is 31.5 Å². The van der Waals surface area contributed by atoms with Crippen molar-refractivity contribution in [1.29, 1.82) is 0 Å². The van der Waals surface area contributed by atoms with Crippen LogP contribution in [0.2, 0.25) is 5.02 Å². The van der Waals surface area contributed by atoms with Crippen LogP contribution in [0.3, 0.4) is 0 Å². The molecule has 0 aliphatic carbocycles. The maximum absolute atomic E-state index is 14.5. The quantitative estimate of drug-likeness (QED) is 0.438. The van der Waals surface area contributed by atoms with Gasteiger partial charge in [0.2, 0.25) is 16.0 Å². The Morgan fingerprint density at radius 2 is 1.77 bits per heavy atom. The Hall–Kier alpha value is -2.74. The molecule has 2 aromatic heterocycles. The minimum atomic E-state index is -4.79. The second kappa shape index (κ2) is 11.3. The highest BCUT2D eigenvalue weighted by Gasteiger charge is 2.42. The van der Waals surface area contributed by atoms with Crippen LogP contribution in [0.1, 0.15) is 54.8 Å². The number of benzene rings is 1. The molecule has 0 saturated carbocycles. The van der Waals surface area contributed by atoms with Gasteiger partial charge >= 0.3 is 6.18 Å². The Bertz CT molecular complexity index is 1480. The first-order valence-electron chi connectivity index (χ1n) is 13.2. The molecule has 5 rings (SSSR count). The van der Waals surface area contributed by atoms with Crippen molar-refractivity contribution < 1.29 is 21.6 Å². The van der Waals surface area contributed by atoms with Crippen LogP contribution >= 0.6 is 11.6 Å². The predicted molar refractivity (Wildman–Crippen MR) is 147 cm³/mol. The van der Waals surface area contributed by atoms with Gasteiger partial charge in [0.1, 0.15) is 23.3 Å². The number of hydrogen-bond donors (Lipinski definition) is 1. The molecule has 3 aromatic rings. The number of hydrogen-bond acceptors (Lipinski definition) is 7. The average Bonchev–Trinajstić information content (AvgIpc) is 3.38. The molecule has 2 N–H and O–H groups in total. The maximum atomic E-state index is 14.5. The van der Waals surface area contributed by atoms with E-state index in [1.807, 2.05) is 18.2 Å². The fraction of sp³-hybridized carbons (Fsp3) is 0.500. The summed E-state index contributed by atoms with van der Waals surface area (Å²) in [6, 6.07) is 5.66. The zero-order valence-electron chi connectivity index (χ0n) is 22.0. The number of alkyl halides is 3. The molecule has 0 unspecified atom stereocenters. The molecule has 0 amide bonds. The van der Waals surface area contributed by atoms with Crippen molar-refractivity contribution in [1.82, 2.24) is 28.7 Å². The van der Waals surface area contributed by atoms with E-state index in [2.05, 4.69) is 19.9 Å². The standard InChI is InChI=1S/C26H31ClF3N7O2S/c1-40(38,39)37-11-7-18(8-12-37)23-22(26(28,29)30)24(34-25(31)33-23)20-15-36(16-32-20)21-6-5-17(13-19(21)27)14-35-9-3-2-4-10-35/h5-6,13,15-16,18H,2-4,7-12,14H2,1H3,(H2,31,33,34). The van der Waals surface area contributed by atoms with E-state index in [9.17, 15) is 21.6 Å². The molecular formula is C26H31ClF3N7O2S. The third-order valence-electron chi connectivity index (χ3n) is 7.52. The molecule has 0 spiro atoms. The van der Waals surface area contributed by atoms with Crippen LogP contribution in [0.25, 0.3) is 17.1 Å². The van der Waals surface area contributed by atoms with Gasteiger partial charge in [0, 0.05) is 31.7 Å². The molecule has 2 saturated heterocycles. The first-order valence-corrected chi connectivity index (χ1v) is 15.4. The fourth-order valence-corrected chi connectivity index (χ4v) is 6.70. The highest BCUT2D eigenvalue weighted by molar-refractivity contribution is 7.88. The smallest absolute Gasteiger partial charge is 0.368 e. The van der Waals surface area contributed by atoms with Gasteiger partial charge in [-0.3, -0.25) is 4.90 Å². The van der Waals surface area contributed by atoms with Crippen molar-refractivity contribution in [3.63, 3.8) is 0 Å². The third kappa shape index (κ3) is 6.27. The number of imidazole rings is 1. The zero-order valence-corrected chi connectivity index (χ0v) is 23.6. The molecule has 216 valence electrons. The Balaban J connectivity index is 1.45. The van der Waals surface area contributed by atoms with Crippen molar-refractivity contribution in [2.75, 3.05) is 38.2 Å². The van der Waals surface area contributed by atoms with Crippen LogP contribution in [0.4, 0.5) is 19.1 Å². The summed E-state index contributed by atoms with van der Waals surface area (Å²) in [5.41, 5.74) is 5.84. The Kier molecular flexibility index (Phi) is 8.10. The number of nitrogens with zero attached hydrogens (tertiary/aromatic N) is 6. The number of anilines is 1. The van der Waals surface area contributed by atoms with E-state index in [1.54, 1.807) is 4.57 Å². The lowest BCUT2D eigenvalue weighted by molar-refractivity contribution is -0.138. The Morgan fingerprint density at radius 3 is 2.40 bits per heavy atom. The molecule has 0 atom stereocenters. The SMILES string of the molecule is CS(=O)(=O)N1CCC(c2nc(N)nc(-c3cn(-c4ccc(CN5CCCCC5)cc4Cl)cn3)c2C(F)(F)F)CC1. The van der Waals surface area contributed by atoms with E-state index in [-0.39, 0.29) is 43.3 Å².